The number of likely N-dealkylation sites (N-methyl/N-ethyl adjacent to an activating group) is 1. The van der Waals surface area contributed by atoms with Gasteiger partial charge in [0.2, 0.25) is 0 Å². The minimum Gasteiger partial charge on any atom is -0.377 e. The Hall–Kier alpha value is 0.250. The SMILES string of the molecule is CC(C)OCCN(C)CC(=O)c1cc(Br)sc1Br. The van der Waals surface area contributed by atoms with Gasteiger partial charge in [-0.15, -0.1) is 11.3 Å². The zero-order valence-electron chi connectivity index (χ0n) is 10.7. The summed E-state index contributed by atoms with van der Waals surface area (Å²) in [6, 6.07) is 1.86. The second-order valence-corrected chi connectivity index (χ2v) is 8.07. The van der Waals surface area contributed by atoms with Crippen molar-refractivity contribution in [2.75, 3.05) is 26.7 Å². The summed E-state index contributed by atoms with van der Waals surface area (Å²) in [6.07, 6.45) is 0.232. The van der Waals surface area contributed by atoms with E-state index in [1.54, 1.807) is 0 Å². The third kappa shape index (κ3) is 5.48. The average molecular weight is 399 g/mol. The smallest absolute Gasteiger partial charge is 0.178 e. The molecule has 0 aromatic carbocycles. The van der Waals surface area contributed by atoms with Crippen LogP contribution in [0, 0.1) is 0 Å². The third-order valence-corrected chi connectivity index (χ3v) is 4.63. The molecule has 0 spiro atoms. The monoisotopic (exact) mass is 397 g/mol. The molecule has 0 radical (unpaired) electrons. The molecule has 0 saturated heterocycles. The number of nitrogens with zero attached hydrogens (tertiary/aromatic N) is 1. The van der Waals surface area contributed by atoms with Gasteiger partial charge in [0.15, 0.2) is 5.78 Å². The Kier molecular flexibility index (Phi) is 7.02. The average Bonchev–Trinajstić information content (AvgIpc) is 2.57. The van der Waals surface area contributed by atoms with Crippen LogP contribution in [-0.4, -0.2) is 43.5 Å². The van der Waals surface area contributed by atoms with Gasteiger partial charge in [-0.1, -0.05) is 0 Å². The van der Waals surface area contributed by atoms with E-state index in [1.165, 1.54) is 11.3 Å². The summed E-state index contributed by atoms with van der Waals surface area (Å²) in [5.41, 5.74) is 0.739. The summed E-state index contributed by atoms with van der Waals surface area (Å²) in [5, 5.41) is 0. The van der Waals surface area contributed by atoms with E-state index >= 15 is 0 Å². The Morgan fingerprint density at radius 1 is 1.50 bits per heavy atom. The maximum absolute atomic E-state index is 12.1. The topological polar surface area (TPSA) is 29.5 Å². The van der Waals surface area contributed by atoms with Gasteiger partial charge in [0.05, 0.1) is 26.8 Å². The Morgan fingerprint density at radius 2 is 2.17 bits per heavy atom. The number of thiophene rings is 1. The van der Waals surface area contributed by atoms with E-state index < -0.39 is 0 Å². The number of carbonyl (C=O) groups is 1. The second-order valence-electron chi connectivity index (χ2n) is 4.32. The van der Waals surface area contributed by atoms with Crippen LogP contribution in [0.4, 0.5) is 0 Å². The minimum absolute atomic E-state index is 0.121. The number of rotatable bonds is 7. The summed E-state index contributed by atoms with van der Waals surface area (Å²) in [5.74, 6) is 0.121. The number of hydrogen-bond donors (Lipinski definition) is 0. The lowest BCUT2D eigenvalue weighted by Crippen LogP contribution is -2.29. The predicted octanol–water partition coefficient (Wildman–Crippen LogP) is 3.81. The molecule has 1 heterocycles. The largest absolute Gasteiger partial charge is 0.377 e. The fourth-order valence-corrected chi connectivity index (χ4v) is 4.24. The van der Waals surface area contributed by atoms with Gasteiger partial charge in [-0.2, -0.15) is 0 Å². The van der Waals surface area contributed by atoms with Crippen molar-refractivity contribution in [1.82, 2.24) is 4.90 Å². The van der Waals surface area contributed by atoms with Gasteiger partial charge in [0.1, 0.15) is 0 Å². The molecular formula is C12H17Br2NO2S. The van der Waals surface area contributed by atoms with Crippen molar-refractivity contribution in [3.8, 4) is 0 Å². The van der Waals surface area contributed by atoms with E-state index in [-0.39, 0.29) is 11.9 Å². The minimum atomic E-state index is 0.121. The highest BCUT2D eigenvalue weighted by Gasteiger charge is 2.15. The first-order valence-electron chi connectivity index (χ1n) is 5.68. The molecule has 0 bridgehead atoms. The van der Waals surface area contributed by atoms with Crippen molar-refractivity contribution < 1.29 is 9.53 Å². The third-order valence-electron chi connectivity index (χ3n) is 2.29. The van der Waals surface area contributed by atoms with Crippen LogP contribution in [0.2, 0.25) is 0 Å². The standard InChI is InChI=1S/C12H17Br2NO2S/c1-8(2)17-5-4-15(3)7-10(16)9-6-11(13)18-12(9)14/h6,8H,4-5,7H2,1-3H3. The normalized spacial score (nSPS) is 11.5. The molecular weight excluding hydrogens is 382 g/mol. The molecule has 6 heteroatoms. The molecule has 1 aromatic rings. The fourth-order valence-electron chi connectivity index (χ4n) is 1.38. The molecule has 3 nitrogen and oxygen atoms in total. The zero-order chi connectivity index (χ0) is 13.7. The molecule has 0 amide bonds. The lowest BCUT2D eigenvalue weighted by molar-refractivity contribution is 0.0619. The van der Waals surface area contributed by atoms with Crippen LogP contribution >= 0.6 is 43.2 Å². The highest BCUT2D eigenvalue weighted by Crippen LogP contribution is 2.32. The van der Waals surface area contributed by atoms with Crippen LogP contribution in [0.5, 0.6) is 0 Å². The van der Waals surface area contributed by atoms with E-state index in [2.05, 4.69) is 31.9 Å². The van der Waals surface area contributed by atoms with Crippen molar-refractivity contribution in [1.29, 1.82) is 0 Å². The molecule has 0 fully saturated rings. The Bertz CT molecular complexity index is 407. The maximum Gasteiger partial charge on any atom is 0.178 e. The number of hydrogen-bond acceptors (Lipinski definition) is 4. The molecule has 0 aliphatic heterocycles. The van der Waals surface area contributed by atoms with Gasteiger partial charge in [-0.3, -0.25) is 9.69 Å². The van der Waals surface area contributed by atoms with Crippen LogP contribution in [0.3, 0.4) is 0 Å². The molecule has 0 aliphatic rings. The molecule has 0 atom stereocenters. The molecule has 1 rings (SSSR count). The van der Waals surface area contributed by atoms with Crippen molar-refractivity contribution >= 4 is 49.0 Å². The highest BCUT2D eigenvalue weighted by molar-refractivity contribution is 9.12. The van der Waals surface area contributed by atoms with Gasteiger partial charge in [0.25, 0.3) is 0 Å². The first-order chi connectivity index (χ1) is 8.40. The van der Waals surface area contributed by atoms with Crippen LogP contribution in [-0.2, 0) is 4.74 Å². The Morgan fingerprint density at radius 3 is 2.67 bits per heavy atom. The van der Waals surface area contributed by atoms with Gasteiger partial charge in [0, 0.05) is 12.1 Å². The summed E-state index contributed by atoms with van der Waals surface area (Å²) >= 11 is 8.30. The van der Waals surface area contributed by atoms with Crippen molar-refractivity contribution in [2.45, 2.75) is 20.0 Å². The van der Waals surface area contributed by atoms with Crippen molar-refractivity contribution in [3.05, 3.63) is 19.2 Å². The molecule has 18 heavy (non-hydrogen) atoms. The summed E-state index contributed by atoms with van der Waals surface area (Å²) in [4.78, 5) is 14.0. The van der Waals surface area contributed by atoms with E-state index in [1.807, 2.05) is 31.9 Å². The van der Waals surface area contributed by atoms with Gasteiger partial charge in [-0.05, 0) is 58.8 Å². The first-order valence-corrected chi connectivity index (χ1v) is 8.08. The van der Waals surface area contributed by atoms with Crippen molar-refractivity contribution in [3.63, 3.8) is 0 Å². The lowest BCUT2D eigenvalue weighted by Gasteiger charge is -2.16. The van der Waals surface area contributed by atoms with Crippen LogP contribution in [0.25, 0.3) is 0 Å². The van der Waals surface area contributed by atoms with Gasteiger partial charge >= 0.3 is 0 Å². The van der Waals surface area contributed by atoms with Gasteiger partial charge < -0.3 is 4.74 Å². The van der Waals surface area contributed by atoms with Crippen LogP contribution in [0.1, 0.15) is 24.2 Å². The highest BCUT2D eigenvalue weighted by atomic mass is 79.9. The van der Waals surface area contributed by atoms with E-state index in [0.29, 0.717) is 13.2 Å². The number of carbonyl (C=O) groups excluding carboxylic acids is 1. The second kappa shape index (κ2) is 7.75. The Balaban J connectivity index is 2.42. The first kappa shape index (κ1) is 16.3. The summed E-state index contributed by atoms with van der Waals surface area (Å²) in [7, 11) is 1.93. The molecule has 1 aromatic heterocycles. The van der Waals surface area contributed by atoms with E-state index in [4.69, 9.17) is 4.74 Å². The lowest BCUT2D eigenvalue weighted by atomic mass is 10.2. The maximum atomic E-state index is 12.1. The molecule has 0 N–H and O–H groups in total. The van der Waals surface area contributed by atoms with E-state index in [9.17, 15) is 4.79 Å². The van der Waals surface area contributed by atoms with Gasteiger partial charge in [-0.25, -0.2) is 0 Å². The molecule has 0 aliphatic carbocycles. The zero-order valence-corrected chi connectivity index (χ0v) is 14.7. The molecule has 102 valence electrons. The fraction of sp³-hybridized carbons (Fsp3) is 0.583. The van der Waals surface area contributed by atoms with Crippen LogP contribution in [0.15, 0.2) is 13.6 Å². The van der Waals surface area contributed by atoms with E-state index in [0.717, 1.165) is 19.7 Å². The molecule has 0 unspecified atom stereocenters. The number of ether oxygens (including phenoxy) is 1. The van der Waals surface area contributed by atoms with Crippen molar-refractivity contribution in [2.24, 2.45) is 0 Å². The number of ketones is 1. The Labute approximate surface area is 129 Å². The summed E-state index contributed by atoms with van der Waals surface area (Å²) in [6.45, 7) is 5.82. The predicted molar refractivity (Wildman–Crippen MR) is 82.6 cm³/mol. The number of Topliss-reactive ketones (excluding diaryl/α,β-unsaturated/α-hetero) is 1. The quantitative estimate of drug-likeness (QED) is 0.654. The summed E-state index contributed by atoms with van der Waals surface area (Å²) < 4.78 is 7.30. The molecule has 0 saturated carbocycles. The van der Waals surface area contributed by atoms with Crippen LogP contribution < -0.4 is 0 Å². The number of halogens is 2.